The zero-order chi connectivity index (χ0) is 12.1. The highest BCUT2D eigenvalue weighted by atomic mass is 32.2. The number of thioether (sulfide) groups is 1. The van der Waals surface area contributed by atoms with Gasteiger partial charge in [0.1, 0.15) is 0 Å². The van der Waals surface area contributed by atoms with Gasteiger partial charge in [-0.3, -0.25) is 0 Å². The third-order valence-electron chi connectivity index (χ3n) is 3.07. The van der Waals surface area contributed by atoms with E-state index in [0.717, 1.165) is 26.3 Å². The molecule has 0 aromatic heterocycles. The van der Waals surface area contributed by atoms with Crippen LogP contribution in [-0.2, 0) is 4.74 Å². The lowest BCUT2D eigenvalue weighted by atomic mass is 9.82. The van der Waals surface area contributed by atoms with Crippen molar-refractivity contribution >= 4 is 11.8 Å². The molecule has 0 atom stereocenters. The average molecular weight is 245 g/mol. The molecule has 1 fully saturated rings. The molecule has 1 N–H and O–H groups in total. The van der Waals surface area contributed by atoms with E-state index >= 15 is 0 Å². The minimum absolute atomic E-state index is 0.393. The Balaban J connectivity index is 2.06. The van der Waals surface area contributed by atoms with Crippen LogP contribution in [0, 0.1) is 5.41 Å². The molecule has 1 aliphatic rings. The molecule has 0 unspecified atom stereocenters. The second-order valence-corrected chi connectivity index (χ2v) is 7.98. The minimum atomic E-state index is 0.393. The summed E-state index contributed by atoms with van der Waals surface area (Å²) in [4.78, 5) is 0. The van der Waals surface area contributed by atoms with E-state index in [-0.39, 0.29) is 0 Å². The maximum atomic E-state index is 5.41. The van der Waals surface area contributed by atoms with E-state index in [1.165, 1.54) is 18.6 Å². The number of nitrogens with one attached hydrogen (secondary N) is 1. The molecule has 0 aromatic carbocycles. The molecular weight excluding hydrogens is 218 g/mol. The largest absolute Gasteiger partial charge is 0.381 e. The molecule has 1 saturated heterocycles. The lowest BCUT2D eigenvalue weighted by Crippen LogP contribution is -2.37. The Hall–Kier alpha value is 0.270. The summed E-state index contributed by atoms with van der Waals surface area (Å²) in [5.74, 6) is 1.20. The maximum absolute atomic E-state index is 5.41. The van der Waals surface area contributed by atoms with Crippen LogP contribution in [0.15, 0.2) is 0 Å². The normalized spacial score (nSPS) is 21.0. The van der Waals surface area contributed by atoms with Gasteiger partial charge in [-0.25, -0.2) is 0 Å². The Morgan fingerprint density at radius 2 is 1.88 bits per heavy atom. The molecule has 0 amide bonds. The lowest BCUT2D eigenvalue weighted by Gasteiger charge is -2.33. The maximum Gasteiger partial charge on any atom is 0.0471 e. The zero-order valence-corrected chi connectivity index (χ0v) is 12.1. The highest BCUT2D eigenvalue weighted by Crippen LogP contribution is 2.28. The Morgan fingerprint density at radius 1 is 1.25 bits per heavy atom. The minimum Gasteiger partial charge on any atom is -0.381 e. The smallest absolute Gasteiger partial charge is 0.0471 e. The molecule has 0 spiro atoms. The van der Waals surface area contributed by atoms with E-state index in [4.69, 9.17) is 4.74 Å². The van der Waals surface area contributed by atoms with Crippen molar-refractivity contribution in [2.45, 2.75) is 45.3 Å². The van der Waals surface area contributed by atoms with Crippen molar-refractivity contribution in [2.24, 2.45) is 5.41 Å². The predicted octanol–water partition coefficient (Wildman–Crippen LogP) is 2.92. The van der Waals surface area contributed by atoms with Crippen molar-refractivity contribution < 1.29 is 4.74 Å². The molecule has 3 heteroatoms. The van der Waals surface area contributed by atoms with Crippen molar-refractivity contribution in [3.63, 3.8) is 0 Å². The molecule has 16 heavy (non-hydrogen) atoms. The lowest BCUT2D eigenvalue weighted by molar-refractivity contribution is 0.0244. The summed E-state index contributed by atoms with van der Waals surface area (Å²) in [6.07, 6.45) is 2.40. The molecular formula is C13H27NOS. The Labute approximate surface area is 105 Å². The molecule has 0 bridgehead atoms. The van der Waals surface area contributed by atoms with Gasteiger partial charge in [0.25, 0.3) is 0 Å². The van der Waals surface area contributed by atoms with Crippen LogP contribution in [0.3, 0.4) is 0 Å². The number of rotatable bonds is 5. The van der Waals surface area contributed by atoms with Gasteiger partial charge in [-0.05, 0) is 18.3 Å². The van der Waals surface area contributed by atoms with Crippen LogP contribution in [0.25, 0.3) is 0 Å². The van der Waals surface area contributed by atoms with Crippen LogP contribution >= 0.6 is 11.8 Å². The van der Waals surface area contributed by atoms with Crippen molar-refractivity contribution in [3.8, 4) is 0 Å². The van der Waals surface area contributed by atoms with Crippen molar-refractivity contribution in [2.75, 3.05) is 32.1 Å². The van der Waals surface area contributed by atoms with Gasteiger partial charge in [0.2, 0.25) is 0 Å². The van der Waals surface area contributed by atoms with Crippen LogP contribution in [0.4, 0.5) is 0 Å². The fraction of sp³-hybridized carbons (Fsp3) is 1.00. The number of hydrogen-bond acceptors (Lipinski definition) is 3. The molecule has 2 nitrogen and oxygen atoms in total. The first-order valence-electron chi connectivity index (χ1n) is 6.34. The molecule has 1 heterocycles. The Morgan fingerprint density at radius 3 is 2.44 bits per heavy atom. The predicted molar refractivity (Wildman–Crippen MR) is 73.2 cm³/mol. The van der Waals surface area contributed by atoms with Gasteiger partial charge in [-0.1, -0.05) is 27.7 Å². The fourth-order valence-electron chi connectivity index (χ4n) is 1.86. The monoisotopic (exact) mass is 245 g/mol. The van der Waals surface area contributed by atoms with E-state index in [2.05, 4.69) is 33.0 Å². The summed E-state index contributed by atoms with van der Waals surface area (Å²) in [5.41, 5.74) is 0.463. The summed E-state index contributed by atoms with van der Waals surface area (Å²) >= 11 is 2.03. The molecule has 0 radical (unpaired) electrons. The summed E-state index contributed by atoms with van der Waals surface area (Å²) < 4.78 is 5.80. The summed E-state index contributed by atoms with van der Waals surface area (Å²) in [6.45, 7) is 13.3. The SMILES string of the molecule is CC1(CNCCSC(C)(C)C)CCOCC1. The van der Waals surface area contributed by atoms with Crippen LogP contribution in [0.1, 0.15) is 40.5 Å². The van der Waals surface area contributed by atoms with Crippen LogP contribution in [0.5, 0.6) is 0 Å². The van der Waals surface area contributed by atoms with Gasteiger partial charge in [-0.15, -0.1) is 0 Å². The average Bonchev–Trinajstić information content (AvgIpc) is 2.16. The molecule has 0 aromatic rings. The van der Waals surface area contributed by atoms with E-state index < -0.39 is 0 Å². The highest BCUT2D eigenvalue weighted by Gasteiger charge is 2.26. The first-order chi connectivity index (χ1) is 7.41. The molecule has 1 rings (SSSR count). The Bertz CT molecular complexity index is 195. The molecule has 0 aliphatic carbocycles. The van der Waals surface area contributed by atoms with Gasteiger partial charge < -0.3 is 10.1 Å². The highest BCUT2D eigenvalue weighted by molar-refractivity contribution is 8.00. The number of hydrogen-bond donors (Lipinski definition) is 1. The second kappa shape index (κ2) is 6.27. The van der Waals surface area contributed by atoms with Crippen LogP contribution in [0.2, 0.25) is 0 Å². The van der Waals surface area contributed by atoms with Crippen molar-refractivity contribution in [1.82, 2.24) is 5.32 Å². The quantitative estimate of drug-likeness (QED) is 0.753. The van der Waals surface area contributed by atoms with Crippen molar-refractivity contribution in [1.29, 1.82) is 0 Å². The summed E-state index contributed by atoms with van der Waals surface area (Å²) in [7, 11) is 0. The summed E-state index contributed by atoms with van der Waals surface area (Å²) in [6, 6.07) is 0. The molecule has 0 saturated carbocycles. The van der Waals surface area contributed by atoms with Gasteiger partial charge >= 0.3 is 0 Å². The van der Waals surface area contributed by atoms with Crippen molar-refractivity contribution in [3.05, 3.63) is 0 Å². The van der Waals surface area contributed by atoms with Crippen LogP contribution < -0.4 is 5.32 Å². The van der Waals surface area contributed by atoms with E-state index in [0.29, 0.717) is 10.2 Å². The zero-order valence-electron chi connectivity index (χ0n) is 11.3. The molecule has 96 valence electrons. The van der Waals surface area contributed by atoms with Gasteiger partial charge in [-0.2, -0.15) is 11.8 Å². The topological polar surface area (TPSA) is 21.3 Å². The van der Waals surface area contributed by atoms with E-state index in [1.807, 2.05) is 11.8 Å². The Kier molecular flexibility index (Phi) is 5.62. The third-order valence-corrected chi connectivity index (χ3v) is 4.34. The van der Waals surface area contributed by atoms with Gasteiger partial charge in [0.15, 0.2) is 0 Å². The standard InChI is InChI=1S/C13H27NOS/c1-12(2,3)16-10-7-14-11-13(4)5-8-15-9-6-13/h14H,5-11H2,1-4H3. The fourth-order valence-corrected chi connectivity index (χ4v) is 2.72. The third kappa shape index (κ3) is 6.12. The second-order valence-electron chi connectivity index (χ2n) is 6.06. The number of ether oxygens (including phenoxy) is 1. The van der Waals surface area contributed by atoms with Gasteiger partial charge in [0.05, 0.1) is 0 Å². The first kappa shape index (κ1) is 14.3. The summed E-state index contributed by atoms with van der Waals surface area (Å²) in [5, 5.41) is 3.59. The van der Waals surface area contributed by atoms with Gasteiger partial charge in [0, 0.05) is 36.8 Å². The van der Waals surface area contributed by atoms with E-state index in [1.54, 1.807) is 0 Å². The first-order valence-corrected chi connectivity index (χ1v) is 7.32. The molecule has 1 aliphatic heterocycles. The van der Waals surface area contributed by atoms with Crippen LogP contribution in [-0.4, -0.2) is 36.8 Å². The van der Waals surface area contributed by atoms with E-state index in [9.17, 15) is 0 Å².